The number of benzene rings is 2. The molecule has 0 saturated heterocycles. The van der Waals surface area contributed by atoms with Gasteiger partial charge in [0.05, 0.1) is 17.7 Å². The van der Waals surface area contributed by atoms with E-state index in [4.69, 9.17) is 40.9 Å². The summed E-state index contributed by atoms with van der Waals surface area (Å²) in [6.07, 6.45) is 8.24. The van der Waals surface area contributed by atoms with Gasteiger partial charge in [0.1, 0.15) is 24.2 Å². The fourth-order valence-electron chi connectivity index (χ4n) is 10.7. The highest BCUT2D eigenvalue weighted by molar-refractivity contribution is 9.10. The van der Waals surface area contributed by atoms with Crippen molar-refractivity contribution in [2.45, 2.75) is 102 Å². The quantitative estimate of drug-likeness (QED) is 0.327. The Kier molecular flexibility index (Phi) is 8.16. The van der Waals surface area contributed by atoms with Gasteiger partial charge in [-0.05, 0) is 109 Å². The summed E-state index contributed by atoms with van der Waals surface area (Å²) in [5.41, 5.74) is 13.0. The van der Waals surface area contributed by atoms with Gasteiger partial charge < -0.3 is 30.4 Å². The molecule has 6 aliphatic rings. The minimum atomic E-state index is -1.99. The summed E-state index contributed by atoms with van der Waals surface area (Å²) >= 11 is 7.10. The maximum atomic E-state index is 8.81. The molecule has 4 N–H and O–H groups in total. The lowest BCUT2D eigenvalue weighted by Gasteiger charge is -2.51. The van der Waals surface area contributed by atoms with Crippen molar-refractivity contribution in [3.63, 3.8) is 0 Å². The lowest BCUT2D eigenvalue weighted by atomic mass is 9.56. The summed E-state index contributed by atoms with van der Waals surface area (Å²) in [5, 5.41) is 0. The molecule has 2 aromatic carbocycles. The topological polar surface area (TPSA) is 114 Å². The lowest BCUT2D eigenvalue weighted by Crippen LogP contribution is -2.52. The summed E-state index contributed by atoms with van der Waals surface area (Å²) in [6.45, 7) is 2.62. The molecule has 8 rings (SSSR count). The van der Waals surface area contributed by atoms with E-state index < -0.39 is 24.2 Å². The predicted molar refractivity (Wildman–Crippen MR) is 200 cm³/mol. The van der Waals surface area contributed by atoms with Gasteiger partial charge in [-0.3, -0.25) is 0 Å². The molecule has 9 atom stereocenters. The van der Waals surface area contributed by atoms with Gasteiger partial charge in [0.15, 0.2) is 0 Å². The Morgan fingerprint density at radius 3 is 1.84 bits per heavy atom. The summed E-state index contributed by atoms with van der Waals surface area (Å²) in [7, 11) is 3.56. The first-order valence-corrected chi connectivity index (χ1v) is 19.3. The van der Waals surface area contributed by atoms with Crippen LogP contribution in [0.4, 0.5) is 0 Å². The molecular weight excluding hydrogens is 748 g/mol. The number of ether oxygens (including phenoxy) is 4. The standard InChI is InChI=1S/C20H27BrN2O2.C19H25BrN2O2/c1-4-13-9-19(8-12(2)17(13)24-3)10-14-5-6-15(21)7-16(14)20(19)11-25-18(22)23-20;1-3-12-9-18(7-6-16(12)23-2)10-13-4-5-14(20)8-15(13)19(18)11-24-17(21)22-19/h5-7,12-13,17H,4,8-11H2,1-3H3,(H2,22,23);4-5,8,12,16H,3,6-7,9-11H2,1-2H3,(H2,21,22)/t12-,13+,17+,19+,20+;12-,16-,18-,19+/m11/s1/i2*11D2. The highest BCUT2D eigenvalue weighted by atomic mass is 79.9. The van der Waals surface area contributed by atoms with E-state index in [0.29, 0.717) is 17.8 Å². The van der Waals surface area contributed by atoms with E-state index in [1.807, 2.05) is 24.3 Å². The van der Waals surface area contributed by atoms with Crippen molar-refractivity contribution in [3.8, 4) is 0 Å². The molecule has 2 aromatic rings. The Labute approximate surface area is 314 Å². The number of rotatable bonds is 4. The average molecular weight is 805 g/mol. The molecule has 4 spiro atoms. The smallest absolute Gasteiger partial charge is 0.283 e. The zero-order valence-electron chi connectivity index (χ0n) is 33.2. The number of hydrogen-bond acceptors (Lipinski definition) is 8. The minimum absolute atomic E-state index is 0.0517. The molecule has 0 unspecified atom stereocenters. The van der Waals surface area contributed by atoms with E-state index in [1.165, 1.54) is 0 Å². The Morgan fingerprint density at radius 2 is 1.35 bits per heavy atom. The van der Waals surface area contributed by atoms with Crippen molar-refractivity contribution < 1.29 is 24.4 Å². The normalized spacial score (nSPS) is 41.8. The second-order valence-electron chi connectivity index (χ2n) is 15.2. The highest BCUT2D eigenvalue weighted by Gasteiger charge is 2.64. The predicted octanol–water partition coefficient (Wildman–Crippen LogP) is 7.76. The van der Waals surface area contributed by atoms with E-state index in [9.17, 15) is 0 Å². The van der Waals surface area contributed by atoms with Gasteiger partial charge in [-0.25, -0.2) is 9.98 Å². The van der Waals surface area contributed by atoms with E-state index in [0.717, 1.165) is 89.0 Å². The number of halogens is 2. The van der Waals surface area contributed by atoms with Crippen molar-refractivity contribution in [2.75, 3.05) is 27.3 Å². The van der Waals surface area contributed by atoms with Crippen LogP contribution >= 0.6 is 31.9 Å². The van der Waals surface area contributed by atoms with Crippen LogP contribution < -0.4 is 11.5 Å². The SMILES string of the molecule is [2H]C1([2H])OC(N)=N[C@]12c1cc(Br)ccc1C[C@]21CC[C@@H](OC)[C@H](CC)C1.[2H]C1([2H])OC(N)=N[C@]12c1cc(Br)ccc1C[C@]21C[C@H](CC)[C@@H](OC)[C@H](C)C1. The fourth-order valence-corrected chi connectivity index (χ4v) is 11.5. The number of nitrogens with zero attached hydrogens (tertiary/aromatic N) is 2. The van der Waals surface area contributed by atoms with Gasteiger partial charge in [-0.15, -0.1) is 0 Å². The van der Waals surface area contributed by atoms with Crippen LogP contribution in [0.25, 0.3) is 0 Å². The molecule has 2 aliphatic heterocycles. The van der Waals surface area contributed by atoms with Crippen LogP contribution in [-0.2, 0) is 42.9 Å². The van der Waals surface area contributed by atoms with Crippen molar-refractivity contribution >= 4 is 43.9 Å². The molecule has 8 nitrogen and oxygen atoms in total. The van der Waals surface area contributed by atoms with Crippen LogP contribution in [0.2, 0.25) is 0 Å². The summed E-state index contributed by atoms with van der Waals surface area (Å²) in [6, 6.07) is 12.1. The molecule has 4 aliphatic carbocycles. The van der Waals surface area contributed by atoms with Crippen molar-refractivity contribution in [3.05, 3.63) is 67.6 Å². The zero-order valence-corrected chi connectivity index (χ0v) is 32.3. The monoisotopic (exact) mass is 802 g/mol. The van der Waals surface area contributed by atoms with Gasteiger partial charge in [0.2, 0.25) is 0 Å². The summed E-state index contributed by atoms with van der Waals surface area (Å²) < 4.78 is 59.4. The van der Waals surface area contributed by atoms with E-state index in [1.54, 1.807) is 14.2 Å². The van der Waals surface area contributed by atoms with Gasteiger partial charge in [0, 0.05) is 34.0 Å². The Hall–Kier alpha value is -2.14. The maximum Gasteiger partial charge on any atom is 0.283 e. The second kappa shape index (κ2) is 13.1. The van der Waals surface area contributed by atoms with Crippen molar-refractivity contribution in [1.82, 2.24) is 0 Å². The highest BCUT2D eigenvalue weighted by Crippen LogP contribution is 2.64. The molecule has 2 fully saturated rings. The molecule has 0 amide bonds. The zero-order chi connectivity index (χ0) is 38.4. The van der Waals surface area contributed by atoms with E-state index >= 15 is 0 Å². The van der Waals surface area contributed by atoms with Crippen LogP contribution in [-0.4, -0.2) is 51.6 Å². The molecule has 2 heterocycles. The Morgan fingerprint density at radius 1 is 0.816 bits per heavy atom. The third kappa shape index (κ3) is 5.48. The largest absolute Gasteiger partial charge is 0.462 e. The van der Waals surface area contributed by atoms with Crippen molar-refractivity contribution in [2.24, 2.45) is 50.0 Å². The number of nitrogens with two attached hydrogens (primary N) is 2. The van der Waals surface area contributed by atoms with Crippen LogP contribution in [0.5, 0.6) is 0 Å². The molecule has 266 valence electrons. The molecule has 0 radical (unpaired) electrons. The van der Waals surface area contributed by atoms with Gasteiger partial charge in [-0.2, -0.15) is 0 Å². The third-order valence-electron chi connectivity index (χ3n) is 12.8. The minimum Gasteiger partial charge on any atom is -0.462 e. The fraction of sp³-hybridized carbons (Fsp3) is 0.641. The molecular formula is C39H52Br2N4O4. The second-order valence-corrected chi connectivity index (χ2v) is 17.0. The van der Waals surface area contributed by atoms with Crippen LogP contribution in [0.3, 0.4) is 0 Å². The first kappa shape index (κ1) is 30.5. The van der Waals surface area contributed by atoms with Crippen LogP contribution in [0.15, 0.2) is 55.3 Å². The molecule has 10 heteroatoms. The Bertz CT molecular complexity index is 1830. The van der Waals surface area contributed by atoms with Crippen LogP contribution in [0.1, 0.15) is 93.5 Å². The lowest BCUT2D eigenvalue weighted by molar-refractivity contribution is -0.0842. The van der Waals surface area contributed by atoms with E-state index in [-0.39, 0.29) is 35.1 Å². The maximum absolute atomic E-state index is 8.81. The van der Waals surface area contributed by atoms with Gasteiger partial charge >= 0.3 is 0 Å². The molecule has 49 heavy (non-hydrogen) atoms. The number of aliphatic imine (C=N–C) groups is 2. The summed E-state index contributed by atoms with van der Waals surface area (Å²) in [5.74, 6) is 1.02. The summed E-state index contributed by atoms with van der Waals surface area (Å²) in [4.78, 5) is 9.41. The van der Waals surface area contributed by atoms with E-state index in [2.05, 4.69) is 69.8 Å². The van der Waals surface area contributed by atoms with Gasteiger partial charge in [0.25, 0.3) is 12.0 Å². The van der Waals surface area contributed by atoms with Gasteiger partial charge in [-0.1, -0.05) is 77.6 Å². The first-order chi connectivity index (χ1) is 25.0. The number of amidine groups is 2. The Balaban J connectivity index is 0.000000164. The molecule has 0 bridgehead atoms. The molecule has 0 aromatic heterocycles. The average Bonchev–Trinajstić information content (AvgIpc) is 3.70. The molecule has 2 saturated carbocycles. The first-order valence-electron chi connectivity index (χ1n) is 19.7. The van der Waals surface area contributed by atoms with Crippen molar-refractivity contribution in [1.29, 1.82) is 0 Å². The number of fused-ring (bicyclic) bond motifs is 6. The van der Waals surface area contributed by atoms with Crippen LogP contribution in [0, 0.1) is 28.6 Å². The number of methoxy groups -OCH3 is 2. The third-order valence-corrected chi connectivity index (χ3v) is 13.8. The number of hydrogen-bond donors (Lipinski definition) is 2.